The number of hydrogen-bond donors (Lipinski definition) is 1. The Balaban J connectivity index is 1.67. The molecule has 0 spiro atoms. The zero-order chi connectivity index (χ0) is 14.7. The minimum absolute atomic E-state index is 0.0211. The number of hydrogen-bond acceptors (Lipinski definition) is 3. The lowest BCUT2D eigenvalue weighted by atomic mass is 9.94. The first-order valence-electron chi connectivity index (χ1n) is 8.00. The minimum Gasteiger partial charge on any atom is -0.493 e. The molecule has 0 unspecified atom stereocenters. The summed E-state index contributed by atoms with van der Waals surface area (Å²) in [6.45, 7) is 5.63. The van der Waals surface area contributed by atoms with Gasteiger partial charge in [-0.05, 0) is 57.8 Å². The number of rotatable bonds is 5. The molecule has 0 saturated carbocycles. The second kappa shape index (κ2) is 6.06. The second-order valence-electron chi connectivity index (χ2n) is 6.03. The van der Waals surface area contributed by atoms with Crippen molar-refractivity contribution in [1.82, 2.24) is 10.2 Å². The van der Waals surface area contributed by atoms with Crippen LogP contribution in [-0.2, 0) is 0 Å². The van der Waals surface area contributed by atoms with Crippen LogP contribution in [0.2, 0.25) is 0 Å². The normalized spacial score (nSPS) is 20.2. The van der Waals surface area contributed by atoms with Gasteiger partial charge in [-0.2, -0.15) is 0 Å². The predicted octanol–water partition coefficient (Wildman–Crippen LogP) is 2.44. The molecule has 1 N–H and O–H groups in total. The summed E-state index contributed by atoms with van der Waals surface area (Å²) in [6.07, 6.45) is 4.93. The molecule has 2 aliphatic rings. The summed E-state index contributed by atoms with van der Waals surface area (Å²) in [5.74, 6) is 0.650. The molecule has 0 radical (unpaired) electrons. The maximum absolute atomic E-state index is 12.5. The smallest absolute Gasteiger partial charge is 0.255 e. The van der Waals surface area contributed by atoms with Crippen LogP contribution in [0.3, 0.4) is 0 Å². The molecule has 2 saturated heterocycles. The fraction of sp³-hybridized carbons (Fsp3) is 0.588. The Morgan fingerprint density at radius 2 is 2.00 bits per heavy atom. The number of nitrogens with zero attached hydrogens (tertiary/aromatic N) is 1. The predicted molar refractivity (Wildman–Crippen MR) is 82.7 cm³/mol. The van der Waals surface area contributed by atoms with E-state index in [9.17, 15) is 4.79 Å². The van der Waals surface area contributed by atoms with Crippen LogP contribution < -0.4 is 10.1 Å². The van der Waals surface area contributed by atoms with Gasteiger partial charge in [-0.15, -0.1) is 0 Å². The molecule has 0 bridgehead atoms. The Kier molecular flexibility index (Phi) is 4.15. The van der Waals surface area contributed by atoms with E-state index in [0.29, 0.717) is 17.9 Å². The van der Waals surface area contributed by atoms with E-state index < -0.39 is 0 Å². The van der Waals surface area contributed by atoms with Crippen LogP contribution in [0.4, 0.5) is 0 Å². The molecule has 1 aromatic carbocycles. The van der Waals surface area contributed by atoms with Crippen LogP contribution in [0.1, 0.15) is 43.0 Å². The van der Waals surface area contributed by atoms with Gasteiger partial charge in [0.15, 0.2) is 0 Å². The zero-order valence-electron chi connectivity index (χ0n) is 12.7. The Morgan fingerprint density at radius 3 is 2.71 bits per heavy atom. The van der Waals surface area contributed by atoms with Crippen molar-refractivity contribution in [2.45, 2.75) is 38.1 Å². The van der Waals surface area contributed by atoms with E-state index in [1.54, 1.807) is 0 Å². The Morgan fingerprint density at radius 1 is 1.29 bits per heavy atom. The van der Waals surface area contributed by atoms with Crippen molar-refractivity contribution in [1.29, 1.82) is 0 Å². The summed E-state index contributed by atoms with van der Waals surface area (Å²) >= 11 is 0. The first-order valence-corrected chi connectivity index (χ1v) is 8.00. The fourth-order valence-corrected chi connectivity index (χ4v) is 3.79. The van der Waals surface area contributed by atoms with Gasteiger partial charge in [0.2, 0.25) is 0 Å². The molecule has 1 aromatic rings. The Labute approximate surface area is 126 Å². The molecule has 21 heavy (non-hydrogen) atoms. The average Bonchev–Trinajstić information content (AvgIpc) is 3.05. The molecule has 0 atom stereocenters. The standard InChI is InChI=1S/C17H24N2O2/c1-2-21-15-8-4-3-7-14(15)16(20)18-13-17-9-5-11-19(17)12-6-10-17/h3-4,7-8H,2,5-6,9-13H2,1H3,(H,18,20). The first-order chi connectivity index (χ1) is 10.2. The van der Waals surface area contributed by atoms with Gasteiger partial charge in [-0.3, -0.25) is 9.69 Å². The highest BCUT2D eigenvalue weighted by atomic mass is 16.5. The SMILES string of the molecule is CCOc1ccccc1C(=O)NCC12CCCN1CCC2. The van der Waals surface area contributed by atoms with Crippen LogP contribution in [-0.4, -0.2) is 42.6 Å². The highest BCUT2D eigenvalue weighted by Gasteiger charge is 2.44. The van der Waals surface area contributed by atoms with Crippen LogP contribution in [0.25, 0.3) is 0 Å². The van der Waals surface area contributed by atoms with Gasteiger partial charge in [0.05, 0.1) is 12.2 Å². The third-order valence-electron chi connectivity index (χ3n) is 4.82. The van der Waals surface area contributed by atoms with Crippen LogP contribution in [0, 0.1) is 0 Å². The molecule has 1 amide bonds. The second-order valence-corrected chi connectivity index (χ2v) is 6.03. The number of benzene rings is 1. The van der Waals surface area contributed by atoms with E-state index >= 15 is 0 Å². The van der Waals surface area contributed by atoms with Crippen molar-refractivity contribution in [3.8, 4) is 5.75 Å². The zero-order valence-corrected chi connectivity index (χ0v) is 12.7. The van der Waals surface area contributed by atoms with Crippen molar-refractivity contribution in [3.63, 3.8) is 0 Å². The van der Waals surface area contributed by atoms with Crippen LogP contribution >= 0.6 is 0 Å². The molecular formula is C17H24N2O2. The molecule has 0 aromatic heterocycles. The Hall–Kier alpha value is -1.55. The molecule has 3 rings (SSSR count). The van der Waals surface area contributed by atoms with Gasteiger partial charge in [0.1, 0.15) is 5.75 Å². The average molecular weight is 288 g/mol. The molecule has 2 aliphatic heterocycles. The van der Waals surface area contributed by atoms with E-state index in [-0.39, 0.29) is 11.4 Å². The quantitative estimate of drug-likeness (QED) is 0.905. The maximum atomic E-state index is 12.5. The van der Waals surface area contributed by atoms with E-state index in [1.165, 1.54) is 38.8 Å². The summed E-state index contributed by atoms with van der Waals surface area (Å²) in [4.78, 5) is 15.0. The number of ether oxygens (including phenoxy) is 1. The lowest BCUT2D eigenvalue weighted by Crippen LogP contribution is -2.48. The minimum atomic E-state index is -0.0211. The van der Waals surface area contributed by atoms with Crippen molar-refractivity contribution in [3.05, 3.63) is 29.8 Å². The summed E-state index contributed by atoms with van der Waals surface area (Å²) in [7, 11) is 0. The number of nitrogens with one attached hydrogen (secondary N) is 1. The van der Waals surface area contributed by atoms with Crippen LogP contribution in [0.15, 0.2) is 24.3 Å². The molecule has 0 aliphatic carbocycles. The lowest BCUT2D eigenvalue weighted by Gasteiger charge is -2.32. The van der Waals surface area contributed by atoms with Crippen LogP contribution in [0.5, 0.6) is 5.75 Å². The monoisotopic (exact) mass is 288 g/mol. The summed E-state index contributed by atoms with van der Waals surface area (Å²) in [5, 5.41) is 3.14. The van der Waals surface area contributed by atoms with Gasteiger partial charge in [0, 0.05) is 12.1 Å². The third kappa shape index (κ3) is 2.77. The highest BCUT2D eigenvalue weighted by molar-refractivity contribution is 5.96. The third-order valence-corrected chi connectivity index (χ3v) is 4.82. The van der Waals surface area contributed by atoms with E-state index in [2.05, 4.69) is 10.2 Å². The first kappa shape index (κ1) is 14.4. The highest BCUT2D eigenvalue weighted by Crippen LogP contribution is 2.38. The van der Waals surface area contributed by atoms with Gasteiger partial charge in [0.25, 0.3) is 5.91 Å². The van der Waals surface area contributed by atoms with Crippen molar-refractivity contribution in [2.75, 3.05) is 26.2 Å². The number of fused-ring (bicyclic) bond motifs is 1. The van der Waals surface area contributed by atoms with E-state index in [0.717, 1.165) is 6.54 Å². The summed E-state index contributed by atoms with van der Waals surface area (Å²) in [6, 6.07) is 7.47. The van der Waals surface area contributed by atoms with E-state index in [1.807, 2.05) is 31.2 Å². The van der Waals surface area contributed by atoms with Crippen molar-refractivity contribution < 1.29 is 9.53 Å². The molecular weight excluding hydrogens is 264 g/mol. The number of carbonyl (C=O) groups excluding carboxylic acids is 1. The van der Waals surface area contributed by atoms with Gasteiger partial charge < -0.3 is 10.1 Å². The summed E-state index contributed by atoms with van der Waals surface area (Å²) in [5.41, 5.74) is 0.856. The van der Waals surface area contributed by atoms with Crippen molar-refractivity contribution >= 4 is 5.91 Å². The molecule has 114 valence electrons. The largest absolute Gasteiger partial charge is 0.493 e. The lowest BCUT2D eigenvalue weighted by molar-refractivity contribution is 0.0915. The molecule has 4 heteroatoms. The van der Waals surface area contributed by atoms with Gasteiger partial charge in [-0.1, -0.05) is 12.1 Å². The Bertz CT molecular complexity index is 505. The van der Waals surface area contributed by atoms with Crippen molar-refractivity contribution in [2.24, 2.45) is 0 Å². The number of amides is 1. The topological polar surface area (TPSA) is 41.6 Å². The maximum Gasteiger partial charge on any atom is 0.255 e. The number of para-hydroxylation sites is 1. The summed E-state index contributed by atoms with van der Waals surface area (Å²) < 4.78 is 5.54. The molecule has 2 fully saturated rings. The molecule has 2 heterocycles. The number of carbonyl (C=O) groups is 1. The van der Waals surface area contributed by atoms with E-state index in [4.69, 9.17) is 4.74 Å². The fourth-order valence-electron chi connectivity index (χ4n) is 3.79. The molecule has 4 nitrogen and oxygen atoms in total. The van der Waals surface area contributed by atoms with Gasteiger partial charge in [-0.25, -0.2) is 0 Å². The van der Waals surface area contributed by atoms with Gasteiger partial charge >= 0.3 is 0 Å².